The molecule has 0 atom stereocenters. The second-order valence-corrected chi connectivity index (χ2v) is 5.14. The third kappa shape index (κ3) is 1.42. The second kappa shape index (κ2) is 3.94. The SMILES string of the molecule is O=C(O)c1cc2ccccc2c2c1-c1ccccc1C2. The summed E-state index contributed by atoms with van der Waals surface area (Å²) in [7, 11) is 0. The van der Waals surface area contributed by atoms with Gasteiger partial charge in [-0.05, 0) is 39.9 Å². The molecule has 0 aromatic heterocycles. The monoisotopic (exact) mass is 260 g/mol. The van der Waals surface area contributed by atoms with Gasteiger partial charge in [-0.2, -0.15) is 0 Å². The van der Waals surface area contributed by atoms with Crippen LogP contribution in [0.15, 0.2) is 54.6 Å². The Balaban J connectivity index is 2.17. The molecular formula is C18H12O2. The van der Waals surface area contributed by atoms with E-state index < -0.39 is 5.97 Å². The van der Waals surface area contributed by atoms with E-state index in [2.05, 4.69) is 12.1 Å². The lowest BCUT2D eigenvalue weighted by Crippen LogP contribution is -2.00. The van der Waals surface area contributed by atoms with Gasteiger partial charge < -0.3 is 5.11 Å². The van der Waals surface area contributed by atoms with Crippen molar-refractivity contribution >= 4 is 16.7 Å². The van der Waals surface area contributed by atoms with Crippen LogP contribution in [-0.2, 0) is 6.42 Å². The Morgan fingerprint density at radius 2 is 1.75 bits per heavy atom. The fourth-order valence-corrected chi connectivity index (χ4v) is 3.19. The van der Waals surface area contributed by atoms with Crippen LogP contribution in [0, 0.1) is 0 Å². The van der Waals surface area contributed by atoms with E-state index in [0.717, 1.165) is 33.9 Å². The van der Waals surface area contributed by atoms with Crippen molar-refractivity contribution in [2.75, 3.05) is 0 Å². The van der Waals surface area contributed by atoms with Gasteiger partial charge in [0.25, 0.3) is 0 Å². The summed E-state index contributed by atoms with van der Waals surface area (Å²) < 4.78 is 0. The molecule has 0 fully saturated rings. The largest absolute Gasteiger partial charge is 0.478 e. The Kier molecular flexibility index (Phi) is 2.21. The van der Waals surface area contributed by atoms with Crippen LogP contribution in [0.2, 0.25) is 0 Å². The summed E-state index contributed by atoms with van der Waals surface area (Å²) in [5.74, 6) is -0.858. The number of hydrogen-bond donors (Lipinski definition) is 1. The zero-order valence-electron chi connectivity index (χ0n) is 10.8. The van der Waals surface area contributed by atoms with Crippen molar-refractivity contribution in [2.45, 2.75) is 6.42 Å². The van der Waals surface area contributed by atoms with Crippen molar-refractivity contribution in [2.24, 2.45) is 0 Å². The van der Waals surface area contributed by atoms with E-state index in [1.54, 1.807) is 6.07 Å². The first kappa shape index (κ1) is 11.2. The molecule has 96 valence electrons. The van der Waals surface area contributed by atoms with E-state index in [9.17, 15) is 9.90 Å². The number of carbonyl (C=O) groups is 1. The van der Waals surface area contributed by atoms with Gasteiger partial charge in [0.2, 0.25) is 0 Å². The van der Waals surface area contributed by atoms with Crippen molar-refractivity contribution in [1.29, 1.82) is 0 Å². The summed E-state index contributed by atoms with van der Waals surface area (Å²) in [5, 5.41) is 11.7. The van der Waals surface area contributed by atoms with Gasteiger partial charge in [-0.3, -0.25) is 0 Å². The number of aromatic carboxylic acids is 1. The molecule has 0 amide bonds. The molecular weight excluding hydrogens is 248 g/mol. The summed E-state index contributed by atoms with van der Waals surface area (Å²) in [4.78, 5) is 11.6. The Hall–Kier alpha value is -2.61. The molecule has 20 heavy (non-hydrogen) atoms. The second-order valence-electron chi connectivity index (χ2n) is 5.14. The van der Waals surface area contributed by atoms with Crippen molar-refractivity contribution in [3.8, 4) is 11.1 Å². The molecule has 0 unspecified atom stereocenters. The number of carboxylic acids is 1. The van der Waals surface area contributed by atoms with Gasteiger partial charge in [-0.15, -0.1) is 0 Å². The molecule has 2 nitrogen and oxygen atoms in total. The summed E-state index contributed by atoms with van der Waals surface area (Å²) in [6.45, 7) is 0. The molecule has 0 saturated heterocycles. The Bertz CT molecular complexity index is 862. The molecule has 0 saturated carbocycles. The van der Waals surface area contributed by atoms with Crippen LogP contribution in [0.25, 0.3) is 21.9 Å². The van der Waals surface area contributed by atoms with Crippen LogP contribution < -0.4 is 0 Å². The Morgan fingerprint density at radius 1 is 1.00 bits per heavy atom. The fraction of sp³-hybridized carbons (Fsp3) is 0.0556. The smallest absolute Gasteiger partial charge is 0.336 e. The van der Waals surface area contributed by atoms with Gasteiger partial charge in [-0.25, -0.2) is 4.79 Å². The third-order valence-corrected chi connectivity index (χ3v) is 4.04. The molecule has 3 aromatic carbocycles. The summed E-state index contributed by atoms with van der Waals surface area (Å²) in [6.07, 6.45) is 0.813. The lowest BCUT2D eigenvalue weighted by atomic mass is 9.94. The maximum Gasteiger partial charge on any atom is 0.336 e. The summed E-state index contributed by atoms with van der Waals surface area (Å²) >= 11 is 0. The zero-order valence-corrected chi connectivity index (χ0v) is 10.8. The minimum atomic E-state index is -0.858. The average Bonchev–Trinajstić information content (AvgIpc) is 2.86. The molecule has 0 radical (unpaired) electrons. The van der Waals surface area contributed by atoms with Crippen LogP contribution in [-0.4, -0.2) is 11.1 Å². The molecule has 2 heteroatoms. The van der Waals surface area contributed by atoms with Crippen LogP contribution in [0.1, 0.15) is 21.5 Å². The normalized spacial score (nSPS) is 12.2. The van der Waals surface area contributed by atoms with Crippen molar-refractivity contribution < 1.29 is 9.90 Å². The maximum absolute atomic E-state index is 11.6. The Morgan fingerprint density at radius 3 is 2.60 bits per heavy atom. The molecule has 0 aliphatic heterocycles. The third-order valence-electron chi connectivity index (χ3n) is 4.04. The number of benzene rings is 3. The molecule has 4 rings (SSSR count). The van der Waals surface area contributed by atoms with Crippen LogP contribution in [0.4, 0.5) is 0 Å². The summed E-state index contributed by atoms with van der Waals surface area (Å²) in [6, 6.07) is 17.9. The van der Waals surface area contributed by atoms with E-state index in [1.807, 2.05) is 36.4 Å². The lowest BCUT2D eigenvalue weighted by Gasteiger charge is -2.10. The maximum atomic E-state index is 11.6. The molecule has 3 aromatic rings. The minimum Gasteiger partial charge on any atom is -0.478 e. The topological polar surface area (TPSA) is 37.3 Å². The van der Waals surface area contributed by atoms with E-state index in [1.165, 1.54) is 5.56 Å². The molecule has 0 bridgehead atoms. The molecule has 0 heterocycles. The zero-order chi connectivity index (χ0) is 13.7. The van der Waals surface area contributed by atoms with E-state index in [4.69, 9.17) is 0 Å². The lowest BCUT2D eigenvalue weighted by molar-refractivity contribution is 0.0698. The van der Waals surface area contributed by atoms with Gasteiger partial charge in [0, 0.05) is 5.56 Å². The van der Waals surface area contributed by atoms with Crippen molar-refractivity contribution in [3.05, 3.63) is 71.3 Å². The molecule has 1 aliphatic carbocycles. The van der Waals surface area contributed by atoms with Gasteiger partial charge in [0.1, 0.15) is 0 Å². The molecule has 1 aliphatic rings. The van der Waals surface area contributed by atoms with Crippen LogP contribution >= 0.6 is 0 Å². The molecule has 0 spiro atoms. The van der Waals surface area contributed by atoms with Crippen LogP contribution in [0.3, 0.4) is 0 Å². The quantitative estimate of drug-likeness (QED) is 0.559. The molecule has 1 N–H and O–H groups in total. The van der Waals surface area contributed by atoms with E-state index in [0.29, 0.717) is 5.56 Å². The highest BCUT2D eigenvalue weighted by Crippen LogP contribution is 2.42. The number of carboxylic acid groups (broad SMARTS) is 1. The summed E-state index contributed by atoms with van der Waals surface area (Å²) in [5.41, 5.74) is 4.71. The van der Waals surface area contributed by atoms with Crippen LogP contribution in [0.5, 0.6) is 0 Å². The highest BCUT2D eigenvalue weighted by molar-refractivity contribution is 6.06. The standard InChI is InChI=1S/C18H12O2/c19-18(20)16-10-11-5-1-3-7-13(11)15-9-12-6-2-4-8-14(12)17(15)16/h1-8,10H,9H2,(H,19,20). The average molecular weight is 260 g/mol. The Labute approximate surface area is 116 Å². The van der Waals surface area contributed by atoms with Gasteiger partial charge in [0.05, 0.1) is 5.56 Å². The van der Waals surface area contributed by atoms with E-state index >= 15 is 0 Å². The number of rotatable bonds is 1. The highest BCUT2D eigenvalue weighted by Gasteiger charge is 2.25. The first-order valence-corrected chi connectivity index (χ1v) is 6.62. The van der Waals surface area contributed by atoms with Crippen molar-refractivity contribution in [3.63, 3.8) is 0 Å². The van der Waals surface area contributed by atoms with Crippen molar-refractivity contribution in [1.82, 2.24) is 0 Å². The fourth-order valence-electron chi connectivity index (χ4n) is 3.19. The van der Waals surface area contributed by atoms with Gasteiger partial charge >= 0.3 is 5.97 Å². The van der Waals surface area contributed by atoms with Gasteiger partial charge in [-0.1, -0.05) is 48.5 Å². The first-order valence-electron chi connectivity index (χ1n) is 6.62. The predicted molar refractivity (Wildman–Crippen MR) is 79.1 cm³/mol. The van der Waals surface area contributed by atoms with E-state index in [-0.39, 0.29) is 0 Å². The number of hydrogen-bond acceptors (Lipinski definition) is 1. The highest BCUT2D eigenvalue weighted by atomic mass is 16.4. The predicted octanol–water partition coefficient (Wildman–Crippen LogP) is 4.11. The van der Waals surface area contributed by atoms with Gasteiger partial charge in [0.15, 0.2) is 0 Å². The number of fused-ring (bicyclic) bond motifs is 5. The first-order chi connectivity index (χ1) is 9.75. The minimum absolute atomic E-state index is 0.406.